The maximum Gasteiger partial charge on any atom is 0.310 e. The molecular formula is C77H96N4O14. The van der Waals surface area contributed by atoms with Crippen LogP contribution in [0.1, 0.15) is 146 Å². The van der Waals surface area contributed by atoms with Crippen LogP contribution in [-0.2, 0) is 46.4 Å². The summed E-state index contributed by atoms with van der Waals surface area (Å²) in [7, 11) is 10.8. The van der Waals surface area contributed by atoms with E-state index in [0.717, 1.165) is 85.9 Å². The standard InChI is InChI=1S/C25H29NO5.C24H26N2O3.C24H25NO6.4CH4/c1-6-16(2)31-19-9-7-8-17(10-19)11-22-21-14-24(29-4)23(28-3)13-20(21)18(15-26-22)12-25(27)30-5;1-5-16(2)29-19-8-6-7-17(11-19)12-22-21-14-24(28-4)23(27-3)13-20(21)18(9-10-25)15-26-22;1-5-14(2)31-17-8-6-7-15(9-17)24(28)23-19-12-21(30-4)20(29-3)11-18(19)16(13-25-23)10-22(26)27;;;;/h7-10,13-16H,6,11-12H2,1-5H3;6-8,11,13-16H,5,9,12H2,1-4H3;6-9,11-14H,5,10H2,1-4H3,(H,26,27);4*1H4. The molecule has 0 spiro atoms. The monoisotopic (exact) mass is 1300 g/mol. The van der Waals surface area contributed by atoms with E-state index in [1.54, 1.807) is 77.2 Å². The zero-order chi connectivity index (χ0) is 65.7. The molecule has 0 bridgehead atoms. The molecule has 3 heterocycles. The van der Waals surface area contributed by atoms with Crippen LogP contribution < -0.4 is 42.6 Å². The van der Waals surface area contributed by atoms with E-state index in [1.165, 1.54) is 27.5 Å². The first-order valence-corrected chi connectivity index (χ1v) is 30.0. The molecule has 0 radical (unpaired) electrons. The number of esters is 1. The Balaban J connectivity index is 0.000000364. The molecule has 0 fully saturated rings. The van der Waals surface area contributed by atoms with Crippen molar-refractivity contribution in [1.82, 2.24) is 15.0 Å². The van der Waals surface area contributed by atoms with Crippen molar-refractivity contribution < 1.29 is 66.9 Å². The molecule has 3 atom stereocenters. The average Bonchev–Trinajstić information content (AvgIpc) is 0.789. The first-order valence-electron chi connectivity index (χ1n) is 30.0. The topological polar surface area (TPSA) is 226 Å². The first kappa shape index (κ1) is 79.1. The molecule has 0 saturated heterocycles. The van der Waals surface area contributed by atoms with E-state index in [2.05, 4.69) is 66.9 Å². The quantitative estimate of drug-likeness (QED) is 0.0393. The highest BCUT2D eigenvalue weighted by Gasteiger charge is 2.22. The fraction of sp³-hybridized carbons (Fsp3) is 0.364. The average molecular weight is 1300 g/mol. The normalized spacial score (nSPS) is 11.2. The molecule has 1 N–H and O–H groups in total. The predicted octanol–water partition coefficient (Wildman–Crippen LogP) is 16.7. The molecular weight excluding hydrogens is 1200 g/mol. The third kappa shape index (κ3) is 20.4. The summed E-state index contributed by atoms with van der Waals surface area (Å²) in [5.41, 5.74) is 6.76. The second-order valence-corrected chi connectivity index (χ2v) is 21.5. The van der Waals surface area contributed by atoms with Gasteiger partial charge >= 0.3 is 11.9 Å². The molecule has 18 heteroatoms. The number of aliphatic carboxylic acids is 1. The van der Waals surface area contributed by atoms with Crippen LogP contribution in [0.2, 0.25) is 0 Å². The predicted molar refractivity (Wildman–Crippen MR) is 377 cm³/mol. The van der Waals surface area contributed by atoms with Gasteiger partial charge in [0.1, 0.15) is 22.9 Å². The summed E-state index contributed by atoms with van der Waals surface area (Å²) >= 11 is 0. The molecule has 0 aliphatic heterocycles. The van der Waals surface area contributed by atoms with E-state index in [9.17, 15) is 24.8 Å². The number of fused-ring (bicyclic) bond motifs is 3. The van der Waals surface area contributed by atoms with Crippen LogP contribution in [0.3, 0.4) is 0 Å². The van der Waals surface area contributed by atoms with Crippen LogP contribution in [0.5, 0.6) is 51.7 Å². The highest BCUT2D eigenvalue weighted by Crippen LogP contribution is 2.39. The Bertz CT molecular complexity index is 4050. The minimum atomic E-state index is -0.994. The molecule has 0 aliphatic rings. The van der Waals surface area contributed by atoms with E-state index in [-0.39, 0.29) is 84.7 Å². The van der Waals surface area contributed by atoms with Crippen molar-refractivity contribution in [2.45, 2.75) is 141 Å². The summed E-state index contributed by atoms with van der Waals surface area (Å²) in [6.07, 6.45) is 9.50. The van der Waals surface area contributed by atoms with Crippen molar-refractivity contribution in [2.24, 2.45) is 0 Å². The van der Waals surface area contributed by atoms with E-state index < -0.39 is 5.97 Å². The molecule has 0 aliphatic carbocycles. The highest BCUT2D eigenvalue weighted by atomic mass is 16.5. The molecule has 508 valence electrons. The van der Waals surface area contributed by atoms with Crippen LogP contribution in [0, 0.1) is 11.3 Å². The Morgan fingerprint density at radius 1 is 0.463 bits per heavy atom. The Labute approximate surface area is 561 Å². The number of carboxylic acids is 1. The number of carboxylic acid groups (broad SMARTS) is 1. The van der Waals surface area contributed by atoms with Crippen molar-refractivity contribution in [3.8, 4) is 57.8 Å². The summed E-state index contributed by atoms with van der Waals surface area (Å²) in [5.74, 6) is 4.06. The lowest BCUT2D eigenvalue weighted by atomic mass is 9.98. The molecule has 0 amide bonds. The van der Waals surface area contributed by atoms with Crippen LogP contribution >= 0.6 is 0 Å². The number of rotatable bonds is 26. The summed E-state index contributed by atoms with van der Waals surface area (Å²) in [5, 5.41) is 23.2. The number of aromatic nitrogens is 3. The van der Waals surface area contributed by atoms with Crippen molar-refractivity contribution in [3.05, 3.63) is 178 Å². The van der Waals surface area contributed by atoms with Crippen molar-refractivity contribution in [1.29, 1.82) is 5.26 Å². The number of ketones is 1. The second-order valence-electron chi connectivity index (χ2n) is 21.5. The largest absolute Gasteiger partial charge is 0.493 e. The van der Waals surface area contributed by atoms with E-state index >= 15 is 0 Å². The number of carbonyl (C=O) groups excluding carboxylic acids is 2. The van der Waals surface area contributed by atoms with Gasteiger partial charge in [0.05, 0.1) is 105 Å². The highest BCUT2D eigenvalue weighted by molar-refractivity contribution is 6.16. The fourth-order valence-electron chi connectivity index (χ4n) is 9.98. The Morgan fingerprint density at radius 3 is 1.22 bits per heavy atom. The van der Waals surface area contributed by atoms with Gasteiger partial charge in [-0.1, -0.05) is 86.9 Å². The number of ether oxygens (including phenoxy) is 10. The first-order chi connectivity index (χ1) is 43.9. The lowest BCUT2D eigenvalue weighted by molar-refractivity contribution is -0.140. The molecule has 3 aromatic heterocycles. The Kier molecular flexibility index (Phi) is 31.7. The number of methoxy groups -OCH3 is 7. The summed E-state index contributed by atoms with van der Waals surface area (Å²) < 4.78 is 55.3. The SMILES string of the molecule is C.C.C.C.CCC(C)Oc1cccc(C(=O)c2ncc(CC(=O)O)c3cc(OC)c(OC)cc23)c1.CCC(C)Oc1cccc(Cc2ncc(CC#N)c3cc(OC)c(OC)cc23)c1.CCC(C)Oc1cccc(Cc2ncc(CC(=O)OC)c3cc(OC)c(OC)cc23)c1. The van der Waals surface area contributed by atoms with Gasteiger partial charge in [0.2, 0.25) is 5.78 Å². The summed E-state index contributed by atoms with van der Waals surface area (Å²) in [6, 6.07) is 36.3. The van der Waals surface area contributed by atoms with Gasteiger partial charge in [0.25, 0.3) is 0 Å². The van der Waals surface area contributed by atoms with Crippen LogP contribution in [0.4, 0.5) is 0 Å². The number of pyridine rings is 3. The third-order valence-electron chi connectivity index (χ3n) is 15.3. The summed E-state index contributed by atoms with van der Waals surface area (Å²) in [6.45, 7) is 12.3. The molecule has 3 unspecified atom stereocenters. The van der Waals surface area contributed by atoms with Gasteiger partial charge < -0.3 is 52.5 Å². The van der Waals surface area contributed by atoms with Gasteiger partial charge in [-0.05, 0) is 157 Å². The summed E-state index contributed by atoms with van der Waals surface area (Å²) in [4.78, 5) is 50.2. The molecule has 6 aromatic carbocycles. The van der Waals surface area contributed by atoms with Gasteiger partial charge in [-0.2, -0.15) is 5.26 Å². The fourth-order valence-corrected chi connectivity index (χ4v) is 9.98. The minimum absolute atomic E-state index is 0. The zero-order valence-corrected chi connectivity index (χ0v) is 54.1. The van der Waals surface area contributed by atoms with E-state index in [1.807, 2.05) is 68.4 Å². The van der Waals surface area contributed by atoms with Gasteiger partial charge in [0.15, 0.2) is 34.5 Å². The van der Waals surface area contributed by atoms with Gasteiger partial charge in [-0.25, -0.2) is 0 Å². The molecule has 9 aromatic rings. The molecule has 18 nitrogen and oxygen atoms in total. The maximum atomic E-state index is 13.3. The van der Waals surface area contributed by atoms with Gasteiger partial charge in [-0.3, -0.25) is 29.3 Å². The van der Waals surface area contributed by atoms with Crippen molar-refractivity contribution in [3.63, 3.8) is 0 Å². The smallest absolute Gasteiger partial charge is 0.310 e. The van der Waals surface area contributed by atoms with Crippen LogP contribution in [0.15, 0.2) is 128 Å². The zero-order valence-electron chi connectivity index (χ0n) is 54.1. The van der Waals surface area contributed by atoms with Crippen LogP contribution in [-0.4, -0.2) is 106 Å². The van der Waals surface area contributed by atoms with E-state index in [0.29, 0.717) is 75.0 Å². The number of benzene rings is 6. The Hall–Kier alpha value is -10.2. The van der Waals surface area contributed by atoms with Crippen molar-refractivity contribution in [2.75, 3.05) is 49.8 Å². The lowest BCUT2D eigenvalue weighted by Gasteiger charge is -2.15. The van der Waals surface area contributed by atoms with Gasteiger partial charge in [0, 0.05) is 53.2 Å². The maximum absolute atomic E-state index is 13.3. The third-order valence-corrected chi connectivity index (χ3v) is 15.3. The minimum Gasteiger partial charge on any atom is -0.493 e. The molecule has 95 heavy (non-hydrogen) atoms. The number of nitrogens with zero attached hydrogens (tertiary/aromatic N) is 4. The van der Waals surface area contributed by atoms with Crippen LogP contribution in [0.25, 0.3) is 32.3 Å². The number of carbonyl (C=O) groups is 3. The molecule has 0 saturated carbocycles. The number of hydrogen-bond acceptors (Lipinski definition) is 17. The second kappa shape index (κ2) is 38.1. The Morgan fingerprint density at radius 2 is 0.821 bits per heavy atom. The lowest BCUT2D eigenvalue weighted by Crippen LogP contribution is -2.11. The van der Waals surface area contributed by atoms with E-state index in [4.69, 9.17) is 47.4 Å². The number of hydrogen-bond donors (Lipinski definition) is 1. The van der Waals surface area contributed by atoms with Crippen molar-refractivity contribution >= 4 is 50.0 Å². The molecule has 9 rings (SSSR count). The number of nitriles is 1. The van der Waals surface area contributed by atoms with Gasteiger partial charge in [-0.15, -0.1) is 0 Å².